The number of hydrogen-bond donors (Lipinski definition) is 1. The molecule has 0 aliphatic rings. The van der Waals surface area contributed by atoms with Gasteiger partial charge < -0.3 is 5.11 Å². The van der Waals surface area contributed by atoms with Crippen molar-refractivity contribution in [3.8, 4) is 5.75 Å². The van der Waals surface area contributed by atoms with E-state index in [1.165, 1.54) is 0 Å². The third-order valence-corrected chi connectivity index (χ3v) is 2.58. The minimum Gasteiger partial charge on any atom is -0.507 e. The molecule has 0 unspecified atom stereocenters. The zero-order valence-corrected chi connectivity index (χ0v) is 10.9. The molecular weight excluding hydrogens is 196 g/mol. The predicted molar refractivity (Wildman–Crippen MR) is 69.6 cm³/mol. The van der Waals surface area contributed by atoms with Gasteiger partial charge in [-0.05, 0) is 48.3 Å². The second-order valence-electron chi connectivity index (χ2n) is 5.46. The van der Waals surface area contributed by atoms with Crippen molar-refractivity contribution in [1.82, 2.24) is 0 Å². The summed E-state index contributed by atoms with van der Waals surface area (Å²) < 4.78 is 0. The Bertz CT molecular complexity index is 319. The summed E-state index contributed by atoms with van der Waals surface area (Å²) in [6.07, 6.45) is 1.83. The molecule has 1 aromatic rings. The molecule has 0 aliphatic heterocycles. The van der Waals surface area contributed by atoms with Crippen LogP contribution in [0, 0.1) is 18.8 Å². The molecule has 16 heavy (non-hydrogen) atoms. The van der Waals surface area contributed by atoms with Crippen LogP contribution in [0.4, 0.5) is 0 Å². The van der Waals surface area contributed by atoms with E-state index >= 15 is 0 Å². The van der Waals surface area contributed by atoms with E-state index in [4.69, 9.17) is 0 Å². The number of phenols is 1. The third kappa shape index (κ3) is 3.55. The Hall–Kier alpha value is -0.980. The fourth-order valence-electron chi connectivity index (χ4n) is 2.02. The van der Waals surface area contributed by atoms with Crippen molar-refractivity contribution in [2.45, 2.75) is 40.5 Å². The molecule has 1 nitrogen and oxygen atoms in total. The molecule has 0 spiro atoms. The van der Waals surface area contributed by atoms with Crippen LogP contribution in [0.5, 0.6) is 5.75 Å². The standard InChI is InChI=1S/C15H23O/c1-10(2)6-13-8-12(5)9-14(15(13)16)7-11(3)4/h8-11,16H,5-7H2,1-4H3. The molecule has 0 saturated heterocycles. The van der Waals surface area contributed by atoms with Crippen molar-refractivity contribution in [1.29, 1.82) is 0 Å². The van der Waals surface area contributed by atoms with Gasteiger partial charge in [0.15, 0.2) is 0 Å². The molecule has 0 atom stereocenters. The van der Waals surface area contributed by atoms with Crippen molar-refractivity contribution in [2.75, 3.05) is 0 Å². The topological polar surface area (TPSA) is 20.2 Å². The van der Waals surface area contributed by atoms with Gasteiger partial charge in [-0.15, -0.1) is 0 Å². The fraction of sp³-hybridized carbons (Fsp3) is 0.533. The molecule has 1 N–H and O–H groups in total. The minimum absolute atomic E-state index is 0.481. The summed E-state index contributed by atoms with van der Waals surface area (Å²) in [4.78, 5) is 0. The summed E-state index contributed by atoms with van der Waals surface area (Å²) in [7, 11) is 0. The van der Waals surface area contributed by atoms with Gasteiger partial charge in [0.2, 0.25) is 0 Å². The van der Waals surface area contributed by atoms with Gasteiger partial charge in [0.1, 0.15) is 5.75 Å². The lowest BCUT2D eigenvalue weighted by atomic mass is 9.93. The average Bonchev–Trinajstić information content (AvgIpc) is 2.11. The SMILES string of the molecule is [CH2]c1cc(CC(C)C)c(O)c(CC(C)C)c1. The number of aromatic hydroxyl groups is 1. The molecular formula is C15H23O. The maximum Gasteiger partial charge on any atom is 0.121 e. The van der Waals surface area contributed by atoms with Gasteiger partial charge >= 0.3 is 0 Å². The number of benzene rings is 1. The van der Waals surface area contributed by atoms with Gasteiger partial charge in [-0.25, -0.2) is 0 Å². The Morgan fingerprint density at radius 2 is 1.38 bits per heavy atom. The normalized spacial score (nSPS) is 11.4. The van der Waals surface area contributed by atoms with Crippen LogP contribution in [0.3, 0.4) is 0 Å². The summed E-state index contributed by atoms with van der Waals surface area (Å²) in [5.74, 6) is 1.59. The maximum atomic E-state index is 10.2. The highest BCUT2D eigenvalue weighted by atomic mass is 16.3. The van der Waals surface area contributed by atoms with Crippen LogP contribution in [0.2, 0.25) is 0 Å². The zero-order chi connectivity index (χ0) is 12.3. The first-order valence-electron chi connectivity index (χ1n) is 6.06. The Labute approximate surface area is 99.5 Å². The smallest absolute Gasteiger partial charge is 0.121 e. The molecule has 89 valence electrons. The van der Waals surface area contributed by atoms with E-state index < -0.39 is 0 Å². The molecule has 0 fully saturated rings. The van der Waals surface area contributed by atoms with E-state index in [1.807, 2.05) is 12.1 Å². The van der Waals surface area contributed by atoms with Crippen LogP contribution in [-0.2, 0) is 12.8 Å². The highest BCUT2D eigenvalue weighted by Gasteiger charge is 2.11. The van der Waals surface area contributed by atoms with Crippen LogP contribution in [0.25, 0.3) is 0 Å². The predicted octanol–water partition coefficient (Wildman–Crippen LogP) is 3.97. The Morgan fingerprint density at radius 1 is 1.00 bits per heavy atom. The first-order chi connectivity index (χ1) is 7.40. The van der Waals surface area contributed by atoms with Crippen LogP contribution in [0.1, 0.15) is 44.4 Å². The molecule has 1 aromatic carbocycles. The summed E-state index contributed by atoms with van der Waals surface area (Å²) in [6, 6.07) is 4.00. The van der Waals surface area contributed by atoms with E-state index in [-0.39, 0.29) is 0 Å². The number of phenolic OH excluding ortho intramolecular Hbond substituents is 1. The molecule has 1 rings (SSSR count). The van der Waals surface area contributed by atoms with Crippen LogP contribution in [0.15, 0.2) is 12.1 Å². The van der Waals surface area contributed by atoms with E-state index in [0.29, 0.717) is 17.6 Å². The Kier molecular flexibility index (Phi) is 4.40. The first kappa shape index (κ1) is 13.1. The van der Waals surface area contributed by atoms with E-state index in [1.54, 1.807) is 0 Å². The lowest BCUT2D eigenvalue weighted by Crippen LogP contribution is -2.00. The fourth-order valence-corrected chi connectivity index (χ4v) is 2.02. The molecule has 0 amide bonds. The van der Waals surface area contributed by atoms with E-state index in [2.05, 4.69) is 34.6 Å². The monoisotopic (exact) mass is 219 g/mol. The molecule has 0 aliphatic carbocycles. The quantitative estimate of drug-likeness (QED) is 0.812. The van der Waals surface area contributed by atoms with Crippen molar-refractivity contribution >= 4 is 0 Å². The molecule has 0 heterocycles. The summed E-state index contributed by atoms with van der Waals surface area (Å²) >= 11 is 0. The van der Waals surface area contributed by atoms with Gasteiger partial charge in [-0.1, -0.05) is 39.8 Å². The highest BCUT2D eigenvalue weighted by molar-refractivity contribution is 5.45. The lowest BCUT2D eigenvalue weighted by Gasteiger charge is -2.14. The van der Waals surface area contributed by atoms with Crippen LogP contribution >= 0.6 is 0 Å². The van der Waals surface area contributed by atoms with Gasteiger partial charge in [0.25, 0.3) is 0 Å². The molecule has 1 heteroatoms. The van der Waals surface area contributed by atoms with Crippen molar-refractivity contribution in [3.05, 3.63) is 35.7 Å². The first-order valence-corrected chi connectivity index (χ1v) is 6.06. The second-order valence-corrected chi connectivity index (χ2v) is 5.46. The van der Waals surface area contributed by atoms with Gasteiger partial charge in [0, 0.05) is 0 Å². The summed E-state index contributed by atoms with van der Waals surface area (Å²) in [5, 5.41) is 10.2. The van der Waals surface area contributed by atoms with E-state index in [0.717, 1.165) is 29.5 Å². The van der Waals surface area contributed by atoms with Crippen molar-refractivity contribution in [2.24, 2.45) is 11.8 Å². The maximum absolute atomic E-state index is 10.2. The molecule has 0 aromatic heterocycles. The third-order valence-electron chi connectivity index (χ3n) is 2.58. The molecule has 0 saturated carbocycles. The van der Waals surface area contributed by atoms with Gasteiger partial charge in [-0.2, -0.15) is 0 Å². The molecule has 1 radical (unpaired) electrons. The highest BCUT2D eigenvalue weighted by Crippen LogP contribution is 2.28. The molecule has 0 bridgehead atoms. The van der Waals surface area contributed by atoms with E-state index in [9.17, 15) is 5.11 Å². The van der Waals surface area contributed by atoms with Crippen molar-refractivity contribution in [3.63, 3.8) is 0 Å². The zero-order valence-electron chi connectivity index (χ0n) is 10.9. The van der Waals surface area contributed by atoms with Crippen LogP contribution < -0.4 is 0 Å². The Balaban J connectivity index is 3.05. The summed E-state index contributed by atoms with van der Waals surface area (Å²) in [5.41, 5.74) is 3.08. The largest absolute Gasteiger partial charge is 0.507 e. The lowest BCUT2D eigenvalue weighted by molar-refractivity contribution is 0.450. The van der Waals surface area contributed by atoms with Crippen LogP contribution in [-0.4, -0.2) is 5.11 Å². The van der Waals surface area contributed by atoms with Crippen molar-refractivity contribution < 1.29 is 5.11 Å². The summed E-state index contributed by atoms with van der Waals surface area (Å²) in [6.45, 7) is 12.6. The minimum atomic E-state index is 0.481. The number of rotatable bonds is 4. The number of hydrogen-bond acceptors (Lipinski definition) is 1. The van der Waals surface area contributed by atoms with Gasteiger partial charge in [0.05, 0.1) is 0 Å². The second kappa shape index (κ2) is 5.38. The Morgan fingerprint density at radius 3 is 1.69 bits per heavy atom. The van der Waals surface area contributed by atoms with Gasteiger partial charge in [-0.3, -0.25) is 0 Å². The average molecular weight is 219 g/mol.